The molecular weight excluding hydrogens is 266 g/mol. The Labute approximate surface area is 125 Å². The number of carbonyl (C=O) groups is 2. The number of aromatic nitrogens is 1. The summed E-state index contributed by atoms with van der Waals surface area (Å²) in [6, 6.07) is 5.64. The van der Waals surface area contributed by atoms with Crippen molar-refractivity contribution >= 4 is 11.7 Å². The summed E-state index contributed by atoms with van der Waals surface area (Å²) in [6.07, 6.45) is 5.39. The Balaban J connectivity index is 2.09. The minimum Gasteiger partial charge on any atom is -0.300 e. The van der Waals surface area contributed by atoms with Crippen molar-refractivity contribution in [3.63, 3.8) is 0 Å². The number of hydrogen-bond acceptors (Lipinski definition) is 4. The second-order valence-corrected chi connectivity index (χ2v) is 5.58. The van der Waals surface area contributed by atoms with Crippen molar-refractivity contribution in [1.29, 1.82) is 0 Å². The molecule has 1 N–H and O–H groups in total. The van der Waals surface area contributed by atoms with E-state index in [2.05, 4.69) is 10.4 Å². The minimum atomic E-state index is -0.201. The monoisotopic (exact) mass is 289 g/mol. The van der Waals surface area contributed by atoms with Crippen molar-refractivity contribution in [2.75, 3.05) is 7.05 Å². The van der Waals surface area contributed by atoms with E-state index in [0.717, 1.165) is 31.4 Å². The zero-order valence-electron chi connectivity index (χ0n) is 12.7. The Bertz CT molecular complexity index is 490. The summed E-state index contributed by atoms with van der Waals surface area (Å²) in [7, 11) is 1.73. The highest BCUT2D eigenvalue weighted by Gasteiger charge is 2.36. The van der Waals surface area contributed by atoms with Crippen molar-refractivity contribution in [1.82, 2.24) is 15.4 Å². The first-order chi connectivity index (χ1) is 10.1. The van der Waals surface area contributed by atoms with Gasteiger partial charge in [0.15, 0.2) is 0 Å². The lowest BCUT2D eigenvalue weighted by Crippen LogP contribution is -2.47. The molecule has 0 saturated heterocycles. The number of hydrogen-bond donors (Lipinski definition) is 1. The Morgan fingerprint density at radius 1 is 1.29 bits per heavy atom. The molecule has 1 aliphatic rings. The highest BCUT2D eigenvalue weighted by atomic mass is 16.2. The summed E-state index contributed by atoms with van der Waals surface area (Å²) in [5.74, 6) is -0.205. The molecule has 0 spiro atoms. The maximum Gasteiger partial charge on any atom is 0.240 e. The van der Waals surface area contributed by atoms with Crippen LogP contribution in [0, 0.1) is 11.8 Å². The lowest BCUT2D eigenvalue weighted by atomic mass is 9.76. The van der Waals surface area contributed by atoms with Gasteiger partial charge in [0.05, 0.1) is 12.2 Å². The number of pyridine rings is 1. The van der Waals surface area contributed by atoms with Gasteiger partial charge in [0, 0.05) is 25.1 Å². The van der Waals surface area contributed by atoms with E-state index in [1.54, 1.807) is 25.2 Å². The average molecular weight is 289 g/mol. The Morgan fingerprint density at radius 2 is 2.00 bits per heavy atom. The molecule has 1 fully saturated rings. The fourth-order valence-corrected chi connectivity index (χ4v) is 3.03. The number of nitrogens with one attached hydrogen (secondary N) is 1. The average Bonchev–Trinajstić information content (AvgIpc) is 2.53. The number of carbonyl (C=O) groups excluding carboxylic acids is 2. The molecule has 114 valence electrons. The van der Waals surface area contributed by atoms with Gasteiger partial charge in [0.1, 0.15) is 5.78 Å². The summed E-state index contributed by atoms with van der Waals surface area (Å²) >= 11 is 0. The summed E-state index contributed by atoms with van der Waals surface area (Å²) < 4.78 is 0. The molecule has 1 aliphatic carbocycles. The number of rotatable bonds is 5. The second kappa shape index (κ2) is 7.31. The third kappa shape index (κ3) is 3.88. The summed E-state index contributed by atoms with van der Waals surface area (Å²) in [5, 5.41) is 1.58. The van der Waals surface area contributed by atoms with Crippen molar-refractivity contribution in [2.24, 2.45) is 11.8 Å². The molecule has 0 aromatic carbocycles. The van der Waals surface area contributed by atoms with Gasteiger partial charge in [-0.05, 0) is 31.9 Å². The van der Waals surface area contributed by atoms with Crippen LogP contribution in [0.1, 0.15) is 38.3 Å². The normalized spacial score (nSPS) is 21.8. The highest BCUT2D eigenvalue weighted by molar-refractivity contribution is 5.87. The third-order valence-electron chi connectivity index (χ3n) is 4.19. The molecule has 1 heterocycles. The molecule has 0 aliphatic heterocycles. The number of nitrogens with zero attached hydrogens (tertiary/aromatic N) is 2. The van der Waals surface area contributed by atoms with Gasteiger partial charge in [-0.3, -0.25) is 19.6 Å². The van der Waals surface area contributed by atoms with E-state index in [-0.39, 0.29) is 23.5 Å². The van der Waals surface area contributed by atoms with Gasteiger partial charge < -0.3 is 0 Å². The largest absolute Gasteiger partial charge is 0.300 e. The molecular formula is C16H23N3O2. The molecule has 2 unspecified atom stereocenters. The van der Waals surface area contributed by atoms with Crippen LogP contribution in [0.15, 0.2) is 24.4 Å². The van der Waals surface area contributed by atoms with Crippen LogP contribution >= 0.6 is 0 Å². The molecule has 2 rings (SSSR count). The molecule has 1 saturated carbocycles. The number of Topliss-reactive ketones (excluding diaryl/α,β-unsaturated/α-hetero) is 1. The molecule has 5 nitrogen and oxygen atoms in total. The van der Waals surface area contributed by atoms with E-state index >= 15 is 0 Å². The fraction of sp³-hybridized carbons (Fsp3) is 0.562. The van der Waals surface area contributed by atoms with E-state index in [1.807, 2.05) is 18.2 Å². The van der Waals surface area contributed by atoms with Crippen molar-refractivity contribution in [2.45, 2.75) is 39.2 Å². The van der Waals surface area contributed by atoms with Gasteiger partial charge in [-0.15, -0.1) is 0 Å². The lowest BCUT2D eigenvalue weighted by molar-refractivity contribution is -0.145. The van der Waals surface area contributed by atoms with Crippen LogP contribution in [0.25, 0.3) is 0 Å². The summed E-state index contributed by atoms with van der Waals surface area (Å²) in [5.41, 5.74) is 3.77. The van der Waals surface area contributed by atoms with Crippen LogP contribution in [-0.2, 0) is 16.1 Å². The molecule has 21 heavy (non-hydrogen) atoms. The quantitative estimate of drug-likeness (QED) is 0.842. The van der Waals surface area contributed by atoms with Crippen LogP contribution in [0.2, 0.25) is 0 Å². The van der Waals surface area contributed by atoms with E-state index in [0.29, 0.717) is 6.54 Å². The standard InChI is InChI=1S/C16H23N3O2/c1-12(20)14-8-3-4-9-15(14)16(21)19(17-2)11-13-7-5-6-10-18-13/h5-7,10,14-15,17H,3-4,8-9,11H2,1-2H3. The van der Waals surface area contributed by atoms with Gasteiger partial charge in [0.25, 0.3) is 0 Å². The van der Waals surface area contributed by atoms with Crippen LogP contribution in [0.3, 0.4) is 0 Å². The Kier molecular flexibility index (Phi) is 5.44. The van der Waals surface area contributed by atoms with Crippen LogP contribution < -0.4 is 5.43 Å². The topological polar surface area (TPSA) is 62.3 Å². The fourth-order valence-electron chi connectivity index (χ4n) is 3.03. The van der Waals surface area contributed by atoms with Gasteiger partial charge in [-0.1, -0.05) is 18.9 Å². The summed E-state index contributed by atoms with van der Waals surface area (Å²) in [6.45, 7) is 2.01. The molecule has 5 heteroatoms. The zero-order chi connectivity index (χ0) is 15.2. The third-order valence-corrected chi connectivity index (χ3v) is 4.19. The van der Waals surface area contributed by atoms with Crippen molar-refractivity contribution < 1.29 is 9.59 Å². The molecule has 1 aromatic heterocycles. The Hall–Kier alpha value is -1.75. The second-order valence-electron chi connectivity index (χ2n) is 5.58. The predicted molar refractivity (Wildman–Crippen MR) is 80.0 cm³/mol. The first kappa shape index (κ1) is 15.6. The Morgan fingerprint density at radius 3 is 2.57 bits per heavy atom. The zero-order valence-corrected chi connectivity index (χ0v) is 12.7. The van der Waals surface area contributed by atoms with Gasteiger partial charge >= 0.3 is 0 Å². The lowest BCUT2D eigenvalue weighted by Gasteiger charge is -2.33. The van der Waals surface area contributed by atoms with Crippen LogP contribution in [-0.4, -0.2) is 28.7 Å². The maximum atomic E-state index is 12.7. The van der Waals surface area contributed by atoms with Crippen molar-refractivity contribution in [3.05, 3.63) is 30.1 Å². The van der Waals surface area contributed by atoms with Gasteiger partial charge in [-0.2, -0.15) is 0 Å². The first-order valence-corrected chi connectivity index (χ1v) is 7.52. The van der Waals surface area contributed by atoms with E-state index in [1.165, 1.54) is 0 Å². The number of ketones is 1. The molecule has 1 amide bonds. The molecule has 0 bridgehead atoms. The van der Waals surface area contributed by atoms with E-state index in [4.69, 9.17) is 0 Å². The van der Waals surface area contributed by atoms with Crippen LogP contribution in [0.5, 0.6) is 0 Å². The highest BCUT2D eigenvalue weighted by Crippen LogP contribution is 2.32. The van der Waals surface area contributed by atoms with Crippen molar-refractivity contribution in [3.8, 4) is 0 Å². The smallest absolute Gasteiger partial charge is 0.240 e. The minimum absolute atomic E-state index is 0.00283. The predicted octanol–water partition coefficient (Wildman–Crippen LogP) is 1.94. The molecule has 2 atom stereocenters. The van der Waals surface area contributed by atoms with Gasteiger partial charge in [-0.25, -0.2) is 5.43 Å². The summed E-state index contributed by atoms with van der Waals surface area (Å²) in [4.78, 5) is 28.8. The first-order valence-electron chi connectivity index (χ1n) is 7.52. The maximum absolute atomic E-state index is 12.7. The van der Waals surface area contributed by atoms with Crippen LogP contribution in [0.4, 0.5) is 0 Å². The van der Waals surface area contributed by atoms with E-state index < -0.39 is 0 Å². The SMILES string of the molecule is CNN(Cc1ccccn1)C(=O)C1CCCCC1C(C)=O. The van der Waals surface area contributed by atoms with E-state index in [9.17, 15) is 9.59 Å². The number of hydrazine groups is 1. The van der Waals surface area contributed by atoms with Gasteiger partial charge in [0.2, 0.25) is 5.91 Å². The number of amides is 1. The molecule has 0 radical (unpaired) electrons. The molecule has 1 aromatic rings.